The molecule has 2 aromatic carbocycles. The third-order valence-electron chi connectivity index (χ3n) is 7.67. The first kappa shape index (κ1) is 23.2. The van der Waals surface area contributed by atoms with Crippen LogP contribution in [0, 0.1) is 5.92 Å². The number of phenols is 1. The van der Waals surface area contributed by atoms with Crippen LogP contribution in [0.2, 0.25) is 0 Å². The molecule has 3 fully saturated rings. The predicted molar refractivity (Wildman–Crippen MR) is 127 cm³/mol. The molecule has 5 heteroatoms. The predicted octanol–water partition coefficient (Wildman–Crippen LogP) is 3.92. The molecule has 2 bridgehead atoms. The highest BCUT2D eigenvalue weighted by atomic mass is 16.5. The highest BCUT2D eigenvalue weighted by molar-refractivity contribution is 5.35. The number of aromatic hydroxyl groups is 1. The molecule has 0 amide bonds. The van der Waals surface area contributed by atoms with Crippen LogP contribution < -0.4 is 5.32 Å². The number of benzene rings is 2. The summed E-state index contributed by atoms with van der Waals surface area (Å²) in [6, 6.07) is 14.4. The van der Waals surface area contributed by atoms with E-state index in [9.17, 15) is 10.2 Å². The van der Waals surface area contributed by atoms with Crippen molar-refractivity contribution in [3.63, 3.8) is 0 Å². The number of aliphatic hydroxyl groups excluding tert-OH is 1. The highest BCUT2D eigenvalue weighted by Crippen LogP contribution is 2.33. The zero-order valence-corrected chi connectivity index (χ0v) is 19.4. The van der Waals surface area contributed by atoms with Crippen molar-refractivity contribution < 1.29 is 19.4 Å². The molecule has 0 aromatic heterocycles. The molecule has 2 aromatic rings. The Hall–Kier alpha value is -1.92. The Morgan fingerprint density at radius 2 is 1.72 bits per heavy atom. The van der Waals surface area contributed by atoms with E-state index < -0.39 is 0 Å². The summed E-state index contributed by atoms with van der Waals surface area (Å²) in [7, 11) is 0. The van der Waals surface area contributed by atoms with Gasteiger partial charge in [0, 0.05) is 11.6 Å². The minimum Gasteiger partial charge on any atom is -0.508 e. The lowest BCUT2D eigenvalue weighted by atomic mass is 9.86. The number of nitrogens with zero attached hydrogens (tertiary/aromatic N) is 1. The third-order valence-corrected chi connectivity index (χ3v) is 7.67. The van der Waals surface area contributed by atoms with Gasteiger partial charge in [-0.15, -0.1) is 0 Å². The van der Waals surface area contributed by atoms with E-state index in [1.807, 2.05) is 12.1 Å². The Kier molecular flexibility index (Phi) is 7.84. The van der Waals surface area contributed by atoms with E-state index >= 15 is 0 Å². The summed E-state index contributed by atoms with van der Waals surface area (Å²) in [6.45, 7) is 9.69. The van der Waals surface area contributed by atoms with Crippen molar-refractivity contribution in [2.75, 3.05) is 39.3 Å². The number of hydrogen-bond acceptors (Lipinski definition) is 4. The van der Waals surface area contributed by atoms with Gasteiger partial charge in [0.25, 0.3) is 0 Å². The first-order valence-corrected chi connectivity index (χ1v) is 12.2. The number of hydrogen-bond donors (Lipinski definition) is 3. The van der Waals surface area contributed by atoms with Crippen molar-refractivity contribution >= 4 is 0 Å². The van der Waals surface area contributed by atoms with Crippen molar-refractivity contribution in [1.29, 1.82) is 0 Å². The number of aliphatic hydroxyl groups is 1. The molecule has 0 spiro atoms. The van der Waals surface area contributed by atoms with E-state index in [0.29, 0.717) is 12.2 Å². The summed E-state index contributed by atoms with van der Waals surface area (Å²) in [5.41, 5.74) is 4.19. The van der Waals surface area contributed by atoms with Gasteiger partial charge in [-0.2, -0.15) is 0 Å². The molecule has 0 saturated carbocycles. The molecule has 0 aliphatic carbocycles. The van der Waals surface area contributed by atoms with E-state index in [1.165, 1.54) is 61.1 Å². The molecule has 32 heavy (non-hydrogen) atoms. The van der Waals surface area contributed by atoms with Crippen LogP contribution in [0.3, 0.4) is 0 Å². The van der Waals surface area contributed by atoms with E-state index in [0.717, 1.165) is 31.1 Å². The fraction of sp³-hybridized carbons (Fsp3) is 0.556. The Labute approximate surface area is 192 Å². The Morgan fingerprint density at radius 3 is 2.41 bits per heavy atom. The van der Waals surface area contributed by atoms with E-state index in [2.05, 4.69) is 36.5 Å². The van der Waals surface area contributed by atoms with Crippen LogP contribution in [-0.4, -0.2) is 54.0 Å². The molecule has 174 valence electrons. The average molecular weight is 440 g/mol. The van der Waals surface area contributed by atoms with Crippen LogP contribution in [0.4, 0.5) is 0 Å². The van der Waals surface area contributed by atoms with Crippen LogP contribution in [0.25, 0.3) is 0 Å². The number of ether oxygens (including phenoxy) is 1. The molecule has 3 saturated heterocycles. The van der Waals surface area contributed by atoms with Gasteiger partial charge in [-0.25, -0.2) is 0 Å². The Bertz CT molecular complexity index is 846. The smallest absolute Gasteiger partial charge is 0.121 e. The molecule has 3 aliphatic rings. The normalized spacial score (nSPS) is 23.4. The molecule has 1 unspecified atom stereocenters. The fourth-order valence-corrected chi connectivity index (χ4v) is 5.30. The van der Waals surface area contributed by atoms with Gasteiger partial charge in [-0.3, -0.25) is 0 Å². The summed E-state index contributed by atoms with van der Waals surface area (Å²) in [6.07, 6.45) is 5.12. The van der Waals surface area contributed by atoms with Gasteiger partial charge in [0.2, 0.25) is 0 Å². The Morgan fingerprint density at radius 1 is 1.03 bits per heavy atom. The fourth-order valence-electron chi connectivity index (χ4n) is 5.30. The van der Waals surface area contributed by atoms with Crippen LogP contribution in [0.1, 0.15) is 54.5 Å². The molecule has 5 nitrogen and oxygen atoms in total. The van der Waals surface area contributed by atoms with Gasteiger partial charge in [-0.05, 0) is 73.9 Å². The number of piperidine rings is 3. The number of nitrogens with one attached hydrogen (secondary N) is 1. The largest absolute Gasteiger partial charge is 0.508 e. The van der Waals surface area contributed by atoms with Gasteiger partial charge in [0.15, 0.2) is 0 Å². The van der Waals surface area contributed by atoms with Gasteiger partial charge in [-0.1, -0.05) is 30.3 Å². The van der Waals surface area contributed by atoms with Crippen molar-refractivity contribution in [3.05, 3.63) is 64.7 Å². The van der Waals surface area contributed by atoms with Gasteiger partial charge in [0.1, 0.15) is 12.3 Å². The maximum Gasteiger partial charge on any atom is 0.121 e. The SMILES string of the molecule is CC(NCCc1ccc(O)c(CO)c1)c1ccc(COCC[N+]23CCC(CC2)CC3)cc1. The summed E-state index contributed by atoms with van der Waals surface area (Å²) in [4.78, 5) is 0. The number of rotatable bonds is 11. The number of fused-ring (bicyclic) bond motifs is 3. The van der Waals surface area contributed by atoms with Crippen LogP contribution >= 0.6 is 0 Å². The second-order valence-corrected chi connectivity index (χ2v) is 9.81. The third kappa shape index (κ3) is 5.90. The second kappa shape index (κ2) is 10.8. The lowest BCUT2D eigenvalue weighted by molar-refractivity contribution is -0.943. The van der Waals surface area contributed by atoms with Crippen molar-refractivity contribution in [1.82, 2.24) is 5.32 Å². The van der Waals surface area contributed by atoms with Crippen molar-refractivity contribution in [2.24, 2.45) is 5.92 Å². The second-order valence-electron chi connectivity index (χ2n) is 9.81. The lowest BCUT2D eigenvalue weighted by Gasteiger charge is -2.49. The zero-order chi connectivity index (χ0) is 22.4. The highest BCUT2D eigenvalue weighted by Gasteiger charge is 2.39. The standard InChI is InChI=1S/C27H38N2O3/c1-21(28-12-8-23-4-7-27(31)26(18-23)19-30)25-5-2-24(3-6-25)20-32-17-16-29-13-9-22(10-14-29)11-15-29/h2-7,18,21-22,28,30H,8-17,19-20H2,1H3/p+1. The summed E-state index contributed by atoms with van der Waals surface area (Å²) < 4.78 is 7.34. The van der Waals surface area contributed by atoms with Crippen LogP contribution in [0.5, 0.6) is 5.75 Å². The van der Waals surface area contributed by atoms with Gasteiger partial charge >= 0.3 is 0 Å². The van der Waals surface area contributed by atoms with Crippen LogP contribution in [-0.2, 0) is 24.4 Å². The monoisotopic (exact) mass is 439 g/mol. The van der Waals surface area contributed by atoms with Gasteiger partial charge in [0.05, 0.1) is 39.5 Å². The molecule has 3 aliphatic heterocycles. The van der Waals surface area contributed by atoms with Gasteiger partial charge < -0.3 is 24.7 Å². The molecule has 3 N–H and O–H groups in total. The van der Waals surface area contributed by atoms with E-state index in [-0.39, 0.29) is 18.4 Å². The minimum absolute atomic E-state index is 0.139. The summed E-state index contributed by atoms with van der Waals surface area (Å²) >= 11 is 0. The first-order valence-electron chi connectivity index (χ1n) is 12.2. The van der Waals surface area contributed by atoms with Crippen molar-refractivity contribution in [3.8, 4) is 5.75 Å². The van der Waals surface area contributed by atoms with Crippen molar-refractivity contribution in [2.45, 2.75) is 51.9 Å². The quantitative estimate of drug-likeness (QED) is 0.367. The van der Waals surface area contributed by atoms with E-state index in [4.69, 9.17) is 4.74 Å². The molecular formula is C27H39N2O3+. The maximum atomic E-state index is 9.69. The zero-order valence-electron chi connectivity index (χ0n) is 19.4. The average Bonchev–Trinajstić information content (AvgIpc) is 2.84. The maximum absolute atomic E-state index is 9.69. The lowest BCUT2D eigenvalue weighted by Crippen LogP contribution is -2.59. The Balaban J connectivity index is 1.17. The first-order chi connectivity index (χ1) is 15.6. The minimum atomic E-state index is -0.139. The molecular weight excluding hydrogens is 400 g/mol. The number of quaternary nitrogens is 1. The van der Waals surface area contributed by atoms with E-state index in [1.54, 1.807) is 6.07 Å². The topological polar surface area (TPSA) is 61.7 Å². The van der Waals surface area contributed by atoms with Crippen LogP contribution in [0.15, 0.2) is 42.5 Å². The molecule has 3 heterocycles. The summed E-state index contributed by atoms with van der Waals surface area (Å²) in [5.74, 6) is 1.17. The molecule has 1 atom stereocenters. The molecule has 0 radical (unpaired) electrons. The summed E-state index contributed by atoms with van der Waals surface area (Å²) in [5, 5.41) is 22.5. The molecule has 5 rings (SSSR count).